The molecule has 0 aliphatic rings. The second kappa shape index (κ2) is 10.1. The highest BCUT2D eigenvalue weighted by atomic mass is 32.1. The van der Waals surface area contributed by atoms with Crippen molar-refractivity contribution in [1.29, 1.82) is 0 Å². The lowest BCUT2D eigenvalue weighted by molar-refractivity contribution is 0.103. The Balaban J connectivity index is 2.33. The number of Topliss-reactive ketones (excluding diaryl/α,β-unsaturated/α-hetero) is 1. The highest BCUT2D eigenvalue weighted by molar-refractivity contribution is 7.80. The highest BCUT2D eigenvalue weighted by Crippen LogP contribution is 2.23. The average molecular weight is 409 g/mol. The Morgan fingerprint density at radius 2 is 1.72 bits per heavy atom. The zero-order valence-corrected chi connectivity index (χ0v) is 18.4. The second-order valence-corrected chi connectivity index (χ2v) is 7.57. The number of rotatable bonds is 6. The molecule has 0 bridgehead atoms. The predicted molar refractivity (Wildman–Crippen MR) is 122 cm³/mol. The van der Waals surface area contributed by atoms with Crippen molar-refractivity contribution in [2.45, 2.75) is 41.2 Å². The summed E-state index contributed by atoms with van der Waals surface area (Å²) in [6.07, 6.45) is 3.42. The normalized spacial score (nSPS) is 11.4. The Bertz CT molecular complexity index is 960. The maximum Gasteiger partial charge on any atom is 0.195 e. The van der Waals surface area contributed by atoms with Crippen molar-refractivity contribution < 1.29 is 4.79 Å². The number of aromatic nitrogens is 1. The van der Waals surface area contributed by atoms with Crippen molar-refractivity contribution >= 4 is 23.1 Å². The van der Waals surface area contributed by atoms with Gasteiger partial charge in [0.1, 0.15) is 0 Å². The number of hydrazine groups is 1. The third-order valence-electron chi connectivity index (χ3n) is 4.77. The number of carbonyl (C=O) groups excluding carboxylic acids is 1. The minimum absolute atomic E-state index is 0.0349. The molecule has 0 saturated heterocycles. The summed E-state index contributed by atoms with van der Waals surface area (Å²) >= 11 is 5.47. The molecular formula is C23H28N4OS. The van der Waals surface area contributed by atoms with Crippen LogP contribution in [0.2, 0.25) is 0 Å². The van der Waals surface area contributed by atoms with E-state index < -0.39 is 0 Å². The molecule has 0 amide bonds. The van der Waals surface area contributed by atoms with E-state index in [9.17, 15) is 4.79 Å². The van der Waals surface area contributed by atoms with Crippen LogP contribution >= 0.6 is 12.2 Å². The summed E-state index contributed by atoms with van der Waals surface area (Å²) in [4.78, 5) is 17.4. The van der Waals surface area contributed by atoms with Gasteiger partial charge in [-0.2, -0.15) is 0 Å². The van der Waals surface area contributed by atoms with Gasteiger partial charge >= 0.3 is 0 Å². The molecule has 2 aromatic rings. The summed E-state index contributed by atoms with van der Waals surface area (Å²) in [5, 5.41) is 4.94. The van der Waals surface area contributed by atoms with Gasteiger partial charge in [0, 0.05) is 29.2 Å². The first-order valence-corrected chi connectivity index (χ1v) is 9.81. The molecule has 1 heterocycles. The molecule has 0 radical (unpaired) electrons. The molecule has 0 fully saturated rings. The molecule has 0 aliphatic heterocycles. The van der Waals surface area contributed by atoms with Crippen LogP contribution in [0.3, 0.4) is 0 Å². The number of pyridine rings is 1. The number of nitrogens with zero attached hydrogens (tertiary/aromatic N) is 2. The third kappa shape index (κ3) is 5.82. The molecule has 152 valence electrons. The van der Waals surface area contributed by atoms with Gasteiger partial charge in [-0.05, 0) is 75.7 Å². The second-order valence-electron chi connectivity index (χ2n) is 7.18. The zero-order chi connectivity index (χ0) is 21.6. The van der Waals surface area contributed by atoms with Crippen LogP contribution in [0.4, 0.5) is 0 Å². The lowest BCUT2D eigenvalue weighted by atomic mass is 9.91. The number of nitrogens with one attached hydrogen (secondary N) is 1. The average Bonchev–Trinajstić information content (AvgIpc) is 2.68. The number of carbonyl (C=O) groups is 1. The van der Waals surface area contributed by atoms with Gasteiger partial charge in [0.05, 0.1) is 6.54 Å². The van der Waals surface area contributed by atoms with E-state index in [1.54, 1.807) is 12.4 Å². The summed E-state index contributed by atoms with van der Waals surface area (Å²) in [6, 6.07) is 11.3. The lowest BCUT2D eigenvalue weighted by Gasteiger charge is -2.23. The van der Waals surface area contributed by atoms with Crippen LogP contribution in [0, 0.1) is 6.92 Å². The van der Waals surface area contributed by atoms with Gasteiger partial charge in [0.2, 0.25) is 0 Å². The fourth-order valence-electron chi connectivity index (χ4n) is 2.89. The topological polar surface area (TPSA) is 71.2 Å². The zero-order valence-electron chi connectivity index (χ0n) is 17.6. The van der Waals surface area contributed by atoms with Gasteiger partial charge < -0.3 is 5.32 Å². The van der Waals surface area contributed by atoms with Gasteiger partial charge in [0.15, 0.2) is 10.9 Å². The van der Waals surface area contributed by atoms with Crippen LogP contribution < -0.4 is 11.2 Å². The smallest absolute Gasteiger partial charge is 0.195 e. The predicted octanol–water partition coefficient (Wildman–Crippen LogP) is 4.45. The minimum Gasteiger partial charge on any atom is -0.335 e. The summed E-state index contributed by atoms with van der Waals surface area (Å²) in [6.45, 7) is 10.2. The van der Waals surface area contributed by atoms with Crippen molar-refractivity contribution in [3.8, 4) is 0 Å². The van der Waals surface area contributed by atoms with Crippen molar-refractivity contribution in [1.82, 2.24) is 15.3 Å². The van der Waals surface area contributed by atoms with Crippen LogP contribution in [0.25, 0.3) is 0 Å². The summed E-state index contributed by atoms with van der Waals surface area (Å²) in [5.74, 6) is 6.10. The van der Waals surface area contributed by atoms with Gasteiger partial charge in [-0.25, -0.2) is 5.84 Å². The monoisotopic (exact) mass is 408 g/mol. The van der Waals surface area contributed by atoms with Crippen LogP contribution in [-0.4, -0.2) is 20.9 Å². The SMILES string of the molecule is CC(C)=C(C)/C(C(=O)c1ccccc1C)=C(\C)NC(=S)N(N)Cc1ccncc1. The number of ketones is 1. The summed E-state index contributed by atoms with van der Waals surface area (Å²) in [7, 11) is 0. The van der Waals surface area contributed by atoms with E-state index in [2.05, 4.69) is 10.3 Å². The van der Waals surface area contributed by atoms with Gasteiger partial charge in [0.25, 0.3) is 0 Å². The molecule has 1 aromatic heterocycles. The van der Waals surface area contributed by atoms with Crippen molar-refractivity contribution in [2.75, 3.05) is 0 Å². The summed E-state index contributed by atoms with van der Waals surface area (Å²) in [5.41, 5.74) is 5.87. The molecular weight excluding hydrogens is 380 g/mol. The Morgan fingerprint density at radius 1 is 1.10 bits per heavy atom. The largest absolute Gasteiger partial charge is 0.335 e. The van der Waals surface area contributed by atoms with Crippen molar-refractivity contribution in [3.05, 3.63) is 87.9 Å². The first kappa shape index (κ1) is 22.5. The molecule has 3 N–H and O–H groups in total. The molecule has 0 saturated carbocycles. The van der Waals surface area contributed by atoms with E-state index >= 15 is 0 Å². The maximum atomic E-state index is 13.4. The molecule has 0 aliphatic carbocycles. The molecule has 29 heavy (non-hydrogen) atoms. The van der Waals surface area contributed by atoms with Crippen LogP contribution in [0.1, 0.15) is 49.2 Å². The number of benzene rings is 1. The van der Waals surface area contributed by atoms with Crippen molar-refractivity contribution in [2.24, 2.45) is 5.84 Å². The van der Waals surface area contributed by atoms with Gasteiger partial charge in [-0.1, -0.05) is 29.8 Å². The van der Waals surface area contributed by atoms with E-state index in [1.807, 2.05) is 71.0 Å². The Kier molecular flexibility index (Phi) is 7.82. The van der Waals surface area contributed by atoms with Gasteiger partial charge in [-0.3, -0.25) is 14.8 Å². The van der Waals surface area contributed by atoms with E-state index in [0.29, 0.717) is 28.5 Å². The standard InChI is InChI=1S/C23H28N4OS/c1-15(2)17(4)21(22(28)20-9-7-6-8-16(20)3)18(5)26-23(29)27(24)14-19-10-12-25-13-11-19/h6-13H,14,24H2,1-5H3,(H,26,29)/b21-18-. The number of thiocarbonyl (C=S) groups is 1. The van der Waals surface area contributed by atoms with E-state index in [4.69, 9.17) is 18.1 Å². The molecule has 0 spiro atoms. The highest BCUT2D eigenvalue weighted by Gasteiger charge is 2.20. The first-order chi connectivity index (χ1) is 13.7. The molecule has 2 rings (SSSR count). The molecule has 6 heteroatoms. The molecule has 1 aromatic carbocycles. The minimum atomic E-state index is -0.0349. The number of hydrogen-bond acceptors (Lipinski definition) is 4. The van der Waals surface area contributed by atoms with Crippen LogP contribution in [-0.2, 0) is 6.54 Å². The number of allylic oxidation sites excluding steroid dienone is 4. The Hall–Kier alpha value is -2.83. The Morgan fingerprint density at radius 3 is 2.31 bits per heavy atom. The Labute approximate surface area is 178 Å². The molecule has 0 atom stereocenters. The third-order valence-corrected chi connectivity index (χ3v) is 5.11. The molecule has 0 unspecified atom stereocenters. The number of aryl methyl sites for hydroxylation is 1. The quantitative estimate of drug-likeness (QED) is 0.184. The van der Waals surface area contributed by atoms with Gasteiger partial charge in [-0.15, -0.1) is 0 Å². The van der Waals surface area contributed by atoms with Crippen LogP contribution in [0.15, 0.2) is 71.2 Å². The van der Waals surface area contributed by atoms with Crippen LogP contribution in [0.5, 0.6) is 0 Å². The van der Waals surface area contributed by atoms with E-state index in [0.717, 1.165) is 22.3 Å². The van der Waals surface area contributed by atoms with Crippen molar-refractivity contribution in [3.63, 3.8) is 0 Å². The summed E-state index contributed by atoms with van der Waals surface area (Å²) < 4.78 is 0. The maximum absolute atomic E-state index is 13.4. The first-order valence-electron chi connectivity index (χ1n) is 9.40. The molecule has 5 nitrogen and oxygen atoms in total. The number of hydrogen-bond donors (Lipinski definition) is 2. The van der Waals surface area contributed by atoms with E-state index in [1.165, 1.54) is 5.01 Å². The number of nitrogens with two attached hydrogens (primary N) is 1. The van der Waals surface area contributed by atoms with E-state index in [-0.39, 0.29) is 5.78 Å². The lowest BCUT2D eigenvalue weighted by Crippen LogP contribution is -2.43. The fourth-order valence-corrected chi connectivity index (χ4v) is 3.10. The fraction of sp³-hybridized carbons (Fsp3) is 0.261.